The van der Waals surface area contributed by atoms with Crippen LogP contribution in [0.15, 0.2) is 18.2 Å². The molecule has 0 radical (unpaired) electrons. The molecule has 19 heavy (non-hydrogen) atoms. The lowest BCUT2D eigenvalue weighted by Crippen LogP contribution is -2.40. The second kappa shape index (κ2) is 6.02. The summed E-state index contributed by atoms with van der Waals surface area (Å²) in [5, 5.41) is 0.0576. The minimum Gasteiger partial charge on any atom is -0.367 e. The SMILES string of the molecule is CCOC1(C(=O)Cc2cccc(Cl)c2F)CCCC1. The van der Waals surface area contributed by atoms with E-state index in [9.17, 15) is 9.18 Å². The van der Waals surface area contributed by atoms with Gasteiger partial charge in [0.15, 0.2) is 5.78 Å². The van der Waals surface area contributed by atoms with Crippen LogP contribution < -0.4 is 0 Å². The van der Waals surface area contributed by atoms with E-state index in [4.69, 9.17) is 16.3 Å². The number of ether oxygens (including phenoxy) is 1. The Morgan fingerprint density at radius 3 is 2.74 bits per heavy atom. The molecule has 0 spiro atoms. The van der Waals surface area contributed by atoms with Crippen molar-refractivity contribution in [2.45, 2.75) is 44.6 Å². The quantitative estimate of drug-likeness (QED) is 0.819. The van der Waals surface area contributed by atoms with Crippen LogP contribution >= 0.6 is 11.6 Å². The van der Waals surface area contributed by atoms with Crippen LogP contribution in [0.2, 0.25) is 5.02 Å². The first-order chi connectivity index (χ1) is 9.09. The monoisotopic (exact) mass is 284 g/mol. The molecule has 2 rings (SSSR count). The standard InChI is InChI=1S/C15H18ClFO2/c1-2-19-15(8-3-4-9-15)13(18)10-11-6-5-7-12(16)14(11)17/h5-7H,2-4,8-10H2,1H3. The van der Waals surface area contributed by atoms with Crippen LogP contribution in [0.5, 0.6) is 0 Å². The molecular formula is C15H18ClFO2. The van der Waals surface area contributed by atoms with E-state index in [1.165, 1.54) is 6.07 Å². The molecule has 0 unspecified atom stereocenters. The van der Waals surface area contributed by atoms with Crippen LogP contribution in [0.25, 0.3) is 0 Å². The third kappa shape index (κ3) is 2.98. The van der Waals surface area contributed by atoms with Crippen LogP contribution in [0.4, 0.5) is 4.39 Å². The molecule has 1 aliphatic carbocycles. The molecule has 1 aliphatic rings. The fourth-order valence-corrected chi connectivity index (χ4v) is 2.94. The van der Waals surface area contributed by atoms with Crippen molar-refractivity contribution in [1.29, 1.82) is 0 Å². The molecule has 0 bridgehead atoms. The first-order valence-electron chi connectivity index (χ1n) is 6.69. The Balaban J connectivity index is 2.17. The smallest absolute Gasteiger partial charge is 0.169 e. The molecule has 4 heteroatoms. The topological polar surface area (TPSA) is 26.3 Å². The molecule has 0 aromatic heterocycles. The van der Waals surface area contributed by atoms with E-state index in [-0.39, 0.29) is 17.2 Å². The van der Waals surface area contributed by atoms with Crippen molar-refractivity contribution < 1.29 is 13.9 Å². The van der Waals surface area contributed by atoms with E-state index in [1.54, 1.807) is 12.1 Å². The molecule has 0 saturated heterocycles. The van der Waals surface area contributed by atoms with Crippen LogP contribution in [0, 0.1) is 5.82 Å². The maximum atomic E-state index is 13.8. The van der Waals surface area contributed by atoms with Gasteiger partial charge >= 0.3 is 0 Å². The maximum absolute atomic E-state index is 13.8. The van der Waals surface area contributed by atoms with Gasteiger partial charge in [0.25, 0.3) is 0 Å². The zero-order chi connectivity index (χ0) is 13.9. The van der Waals surface area contributed by atoms with E-state index >= 15 is 0 Å². The number of carbonyl (C=O) groups is 1. The molecule has 0 amide bonds. The summed E-state index contributed by atoms with van der Waals surface area (Å²) in [7, 11) is 0. The van der Waals surface area contributed by atoms with Gasteiger partial charge in [-0.3, -0.25) is 4.79 Å². The van der Waals surface area contributed by atoms with Crippen LogP contribution in [0.1, 0.15) is 38.2 Å². The molecular weight excluding hydrogens is 267 g/mol. The number of Topliss-reactive ketones (excluding diaryl/α,β-unsaturated/α-hetero) is 1. The summed E-state index contributed by atoms with van der Waals surface area (Å²) < 4.78 is 19.5. The summed E-state index contributed by atoms with van der Waals surface area (Å²) in [4.78, 5) is 12.5. The van der Waals surface area contributed by atoms with Crippen molar-refractivity contribution in [1.82, 2.24) is 0 Å². The zero-order valence-electron chi connectivity index (χ0n) is 11.0. The van der Waals surface area contributed by atoms with E-state index in [2.05, 4.69) is 0 Å². The summed E-state index contributed by atoms with van der Waals surface area (Å²) in [6.07, 6.45) is 3.50. The van der Waals surface area contributed by atoms with Gasteiger partial charge in [-0.05, 0) is 44.2 Å². The van der Waals surface area contributed by atoms with Gasteiger partial charge in [0.05, 0.1) is 5.02 Å². The number of hydrogen-bond acceptors (Lipinski definition) is 2. The Bertz CT molecular complexity index is 467. The second-order valence-corrected chi connectivity index (χ2v) is 5.35. The number of rotatable bonds is 5. The normalized spacial score (nSPS) is 17.6. The van der Waals surface area contributed by atoms with Gasteiger partial charge in [-0.1, -0.05) is 23.7 Å². The molecule has 1 aromatic carbocycles. The average molecular weight is 285 g/mol. The number of hydrogen-bond donors (Lipinski definition) is 0. The van der Waals surface area contributed by atoms with Gasteiger partial charge in [-0.25, -0.2) is 4.39 Å². The highest BCUT2D eigenvalue weighted by Gasteiger charge is 2.41. The van der Waals surface area contributed by atoms with Crippen molar-refractivity contribution in [3.05, 3.63) is 34.6 Å². The summed E-state index contributed by atoms with van der Waals surface area (Å²) in [5.41, 5.74) is -0.354. The average Bonchev–Trinajstić information content (AvgIpc) is 2.85. The lowest BCUT2D eigenvalue weighted by Gasteiger charge is -2.27. The summed E-state index contributed by atoms with van der Waals surface area (Å²) in [6, 6.07) is 4.75. The Morgan fingerprint density at radius 2 is 2.11 bits per heavy atom. The van der Waals surface area contributed by atoms with Crippen LogP contribution in [-0.4, -0.2) is 18.0 Å². The van der Waals surface area contributed by atoms with Gasteiger partial charge < -0.3 is 4.74 Å². The Morgan fingerprint density at radius 1 is 1.42 bits per heavy atom. The third-order valence-corrected chi connectivity index (χ3v) is 4.01. The minimum absolute atomic E-state index is 0.0342. The molecule has 104 valence electrons. The number of carbonyl (C=O) groups excluding carboxylic acids is 1. The lowest BCUT2D eigenvalue weighted by atomic mass is 9.91. The van der Waals surface area contributed by atoms with E-state index < -0.39 is 11.4 Å². The molecule has 0 N–H and O–H groups in total. The molecule has 0 aliphatic heterocycles. The van der Waals surface area contributed by atoms with E-state index in [1.807, 2.05) is 6.92 Å². The molecule has 1 saturated carbocycles. The van der Waals surface area contributed by atoms with Crippen molar-refractivity contribution in [2.24, 2.45) is 0 Å². The first-order valence-corrected chi connectivity index (χ1v) is 7.07. The third-order valence-electron chi connectivity index (χ3n) is 3.72. The van der Waals surface area contributed by atoms with Gasteiger partial charge in [-0.2, -0.15) is 0 Å². The molecule has 1 aromatic rings. The Hall–Kier alpha value is -0.930. The van der Waals surface area contributed by atoms with Crippen LogP contribution in [0.3, 0.4) is 0 Å². The summed E-state index contributed by atoms with van der Waals surface area (Å²) >= 11 is 5.74. The first kappa shape index (κ1) is 14.5. The fourth-order valence-electron chi connectivity index (χ4n) is 2.75. The molecule has 0 heterocycles. The van der Waals surface area contributed by atoms with Crippen molar-refractivity contribution in [2.75, 3.05) is 6.61 Å². The largest absolute Gasteiger partial charge is 0.367 e. The predicted octanol–water partition coefficient (Wildman–Crippen LogP) is 3.94. The minimum atomic E-state index is -0.705. The Kier molecular flexibility index (Phi) is 4.58. The molecule has 1 fully saturated rings. The van der Waals surface area contributed by atoms with Crippen molar-refractivity contribution >= 4 is 17.4 Å². The second-order valence-electron chi connectivity index (χ2n) is 4.95. The highest BCUT2D eigenvalue weighted by molar-refractivity contribution is 6.30. The number of halogens is 2. The highest BCUT2D eigenvalue weighted by Crippen LogP contribution is 2.35. The van der Waals surface area contributed by atoms with Gasteiger partial charge in [0.2, 0.25) is 0 Å². The maximum Gasteiger partial charge on any atom is 0.169 e. The predicted molar refractivity (Wildman–Crippen MR) is 72.9 cm³/mol. The fraction of sp³-hybridized carbons (Fsp3) is 0.533. The van der Waals surface area contributed by atoms with Gasteiger partial charge in [-0.15, -0.1) is 0 Å². The van der Waals surface area contributed by atoms with Crippen molar-refractivity contribution in [3.8, 4) is 0 Å². The summed E-state index contributed by atoms with van der Waals surface area (Å²) in [6.45, 7) is 2.39. The highest BCUT2D eigenvalue weighted by atomic mass is 35.5. The molecule has 0 atom stereocenters. The van der Waals surface area contributed by atoms with E-state index in [0.29, 0.717) is 12.2 Å². The number of benzene rings is 1. The molecule has 2 nitrogen and oxygen atoms in total. The number of ketones is 1. The summed E-state index contributed by atoms with van der Waals surface area (Å²) in [5.74, 6) is -0.532. The Labute approximate surface area is 117 Å². The zero-order valence-corrected chi connectivity index (χ0v) is 11.8. The lowest BCUT2D eigenvalue weighted by molar-refractivity contribution is -0.142. The van der Waals surface area contributed by atoms with E-state index in [0.717, 1.165) is 25.7 Å². The van der Waals surface area contributed by atoms with Crippen molar-refractivity contribution in [3.63, 3.8) is 0 Å². The van der Waals surface area contributed by atoms with Crippen LogP contribution in [-0.2, 0) is 16.0 Å². The van der Waals surface area contributed by atoms with Gasteiger partial charge in [0.1, 0.15) is 11.4 Å². The van der Waals surface area contributed by atoms with Gasteiger partial charge in [0, 0.05) is 13.0 Å².